The summed E-state index contributed by atoms with van der Waals surface area (Å²) in [5.41, 5.74) is 2.04. The number of rotatable bonds is 4. The van der Waals surface area contributed by atoms with E-state index in [-0.39, 0.29) is 18.2 Å². The molecular formula is C17H17N3O3. The van der Waals surface area contributed by atoms with E-state index in [2.05, 4.69) is 10.4 Å². The van der Waals surface area contributed by atoms with E-state index in [1.165, 1.54) is 5.01 Å². The first kappa shape index (κ1) is 15.0. The van der Waals surface area contributed by atoms with Crippen LogP contribution in [0.3, 0.4) is 0 Å². The van der Waals surface area contributed by atoms with Crippen molar-refractivity contribution in [2.24, 2.45) is 5.10 Å². The molecule has 1 N–H and O–H groups in total. The van der Waals surface area contributed by atoms with Gasteiger partial charge in [0.25, 0.3) is 5.91 Å². The predicted molar refractivity (Wildman–Crippen MR) is 85.9 cm³/mol. The number of furan rings is 1. The number of nitrogens with one attached hydrogen (secondary N) is 1. The zero-order valence-corrected chi connectivity index (χ0v) is 12.8. The molecule has 0 saturated carbocycles. The van der Waals surface area contributed by atoms with Gasteiger partial charge in [-0.1, -0.05) is 12.1 Å². The molecule has 0 saturated heterocycles. The Morgan fingerprint density at radius 3 is 2.91 bits per heavy atom. The molecule has 2 heterocycles. The Hall–Kier alpha value is -2.89. The highest BCUT2D eigenvalue weighted by Crippen LogP contribution is 2.21. The quantitative estimate of drug-likeness (QED) is 0.942. The molecule has 2 aromatic rings. The highest BCUT2D eigenvalue weighted by molar-refractivity contribution is 6.40. The maximum Gasteiger partial charge on any atom is 0.267 e. The Bertz CT molecular complexity index is 750. The van der Waals surface area contributed by atoms with E-state index in [0.717, 1.165) is 5.56 Å². The number of hydrogen-bond acceptors (Lipinski definition) is 4. The van der Waals surface area contributed by atoms with Crippen molar-refractivity contribution >= 4 is 23.2 Å². The van der Waals surface area contributed by atoms with Crippen molar-refractivity contribution in [3.63, 3.8) is 0 Å². The molecule has 6 heteroatoms. The number of amides is 2. The average molecular weight is 311 g/mol. The van der Waals surface area contributed by atoms with Crippen LogP contribution in [-0.2, 0) is 16.1 Å². The number of aryl methyl sites for hydroxylation is 1. The molecule has 1 aliphatic heterocycles. The first-order valence-electron chi connectivity index (χ1n) is 7.41. The number of carbonyl (C=O) groups excluding carboxylic acids is 2. The molecular weight excluding hydrogens is 294 g/mol. The van der Waals surface area contributed by atoms with Gasteiger partial charge in [0.1, 0.15) is 11.5 Å². The highest BCUT2D eigenvalue weighted by Gasteiger charge is 2.25. The molecule has 0 aliphatic carbocycles. The van der Waals surface area contributed by atoms with Crippen molar-refractivity contribution in [3.05, 3.63) is 54.0 Å². The first-order valence-corrected chi connectivity index (χ1v) is 7.41. The second-order valence-electron chi connectivity index (χ2n) is 5.35. The zero-order chi connectivity index (χ0) is 16.2. The van der Waals surface area contributed by atoms with E-state index in [1.54, 1.807) is 24.5 Å². The van der Waals surface area contributed by atoms with Gasteiger partial charge in [-0.25, -0.2) is 5.01 Å². The normalized spacial score (nSPS) is 14.6. The first-order chi connectivity index (χ1) is 11.1. The molecule has 23 heavy (non-hydrogen) atoms. The van der Waals surface area contributed by atoms with Gasteiger partial charge in [0, 0.05) is 12.8 Å². The Morgan fingerprint density at radius 2 is 2.17 bits per heavy atom. The lowest BCUT2D eigenvalue weighted by molar-refractivity contribution is -0.119. The fraction of sp³-hybridized carbons (Fsp3) is 0.235. The van der Waals surface area contributed by atoms with Gasteiger partial charge in [0.05, 0.1) is 18.5 Å². The van der Waals surface area contributed by atoms with Gasteiger partial charge in [0.15, 0.2) is 0 Å². The fourth-order valence-electron chi connectivity index (χ4n) is 2.36. The van der Waals surface area contributed by atoms with Crippen LogP contribution in [-0.4, -0.2) is 17.5 Å². The summed E-state index contributed by atoms with van der Waals surface area (Å²) in [6, 6.07) is 11.0. The third-order valence-electron chi connectivity index (χ3n) is 3.54. The van der Waals surface area contributed by atoms with Crippen LogP contribution >= 0.6 is 0 Å². The molecule has 1 aromatic carbocycles. The van der Waals surface area contributed by atoms with Crippen LogP contribution in [0.4, 0.5) is 5.69 Å². The second-order valence-corrected chi connectivity index (χ2v) is 5.35. The topological polar surface area (TPSA) is 74.9 Å². The highest BCUT2D eigenvalue weighted by atomic mass is 16.3. The van der Waals surface area contributed by atoms with Crippen molar-refractivity contribution in [2.75, 3.05) is 5.01 Å². The van der Waals surface area contributed by atoms with Gasteiger partial charge >= 0.3 is 0 Å². The van der Waals surface area contributed by atoms with Gasteiger partial charge < -0.3 is 9.73 Å². The zero-order valence-electron chi connectivity index (χ0n) is 12.8. The lowest BCUT2D eigenvalue weighted by Crippen LogP contribution is -2.38. The molecule has 1 aliphatic rings. The van der Waals surface area contributed by atoms with Crippen LogP contribution in [0.5, 0.6) is 0 Å². The minimum Gasteiger partial charge on any atom is -0.467 e. The predicted octanol–water partition coefficient (Wildman–Crippen LogP) is 2.39. The molecule has 0 radical (unpaired) electrons. The number of nitrogens with zero attached hydrogens (tertiary/aromatic N) is 2. The smallest absolute Gasteiger partial charge is 0.267 e. The largest absolute Gasteiger partial charge is 0.467 e. The monoisotopic (exact) mass is 311 g/mol. The molecule has 0 spiro atoms. The van der Waals surface area contributed by atoms with E-state index in [9.17, 15) is 9.59 Å². The number of benzene rings is 1. The molecule has 2 amide bonds. The lowest BCUT2D eigenvalue weighted by atomic mass is 10.1. The van der Waals surface area contributed by atoms with Gasteiger partial charge in [-0.05, 0) is 36.8 Å². The van der Waals surface area contributed by atoms with Crippen molar-refractivity contribution in [1.82, 2.24) is 5.32 Å². The molecule has 0 fully saturated rings. The summed E-state index contributed by atoms with van der Waals surface area (Å²) in [4.78, 5) is 24.3. The SMILES string of the molecule is Cc1cccc(N2N=C(C(=O)NCc3ccco3)CCC2=O)c1. The van der Waals surface area contributed by atoms with Crippen molar-refractivity contribution in [2.45, 2.75) is 26.3 Å². The maximum atomic E-state index is 12.2. The summed E-state index contributed by atoms with van der Waals surface area (Å²) in [6.07, 6.45) is 2.16. The lowest BCUT2D eigenvalue weighted by Gasteiger charge is -2.23. The number of hydrazone groups is 1. The third-order valence-corrected chi connectivity index (χ3v) is 3.54. The summed E-state index contributed by atoms with van der Waals surface area (Å²) >= 11 is 0. The standard InChI is InChI=1S/C17H17N3O3/c1-12-4-2-5-13(10-12)20-16(21)8-7-15(19-20)17(22)18-11-14-6-3-9-23-14/h2-6,9-10H,7-8,11H2,1H3,(H,18,22). The molecule has 118 valence electrons. The van der Waals surface area contributed by atoms with Crippen molar-refractivity contribution < 1.29 is 14.0 Å². The van der Waals surface area contributed by atoms with Crippen LogP contribution < -0.4 is 10.3 Å². The third kappa shape index (κ3) is 3.48. The van der Waals surface area contributed by atoms with Gasteiger partial charge in [0.2, 0.25) is 5.91 Å². The fourth-order valence-corrected chi connectivity index (χ4v) is 2.36. The Balaban J connectivity index is 1.75. The van der Waals surface area contributed by atoms with Crippen molar-refractivity contribution in [1.29, 1.82) is 0 Å². The van der Waals surface area contributed by atoms with E-state index < -0.39 is 0 Å². The van der Waals surface area contributed by atoms with E-state index in [1.807, 2.05) is 25.1 Å². The van der Waals surface area contributed by atoms with Gasteiger partial charge in [-0.2, -0.15) is 5.10 Å². The van der Waals surface area contributed by atoms with Crippen molar-refractivity contribution in [3.8, 4) is 0 Å². The Labute approximate surface area is 133 Å². The summed E-state index contributed by atoms with van der Waals surface area (Å²) in [5, 5.41) is 8.29. The minimum absolute atomic E-state index is 0.113. The number of anilines is 1. The van der Waals surface area contributed by atoms with Gasteiger partial charge in [-0.3, -0.25) is 9.59 Å². The molecule has 6 nitrogen and oxygen atoms in total. The average Bonchev–Trinajstić information content (AvgIpc) is 3.06. The van der Waals surface area contributed by atoms with E-state index in [0.29, 0.717) is 30.1 Å². The summed E-state index contributed by atoms with van der Waals surface area (Å²) in [6.45, 7) is 2.24. The summed E-state index contributed by atoms with van der Waals surface area (Å²) < 4.78 is 5.17. The Kier molecular flexibility index (Phi) is 4.23. The number of hydrogen-bond donors (Lipinski definition) is 1. The summed E-state index contributed by atoms with van der Waals surface area (Å²) in [7, 11) is 0. The van der Waals surface area contributed by atoms with Crippen LogP contribution in [0.1, 0.15) is 24.2 Å². The maximum absolute atomic E-state index is 12.2. The molecule has 0 bridgehead atoms. The van der Waals surface area contributed by atoms with Crippen LogP contribution in [0.2, 0.25) is 0 Å². The van der Waals surface area contributed by atoms with Gasteiger partial charge in [-0.15, -0.1) is 0 Å². The minimum atomic E-state index is -0.286. The van der Waals surface area contributed by atoms with Crippen LogP contribution in [0, 0.1) is 6.92 Å². The molecule has 1 aromatic heterocycles. The molecule has 0 atom stereocenters. The van der Waals surface area contributed by atoms with E-state index in [4.69, 9.17) is 4.42 Å². The second kappa shape index (κ2) is 6.48. The van der Waals surface area contributed by atoms with Crippen LogP contribution in [0.25, 0.3) is 0 Å². The van der Waals surface area contributed by atoms with E-state index >= 15 is 0 Å². The number of carbonyl (C=O) groups is 2. The van der Waals surface area contributed by atoms with Crippen LogP contribution in [0.15, 0.2) is 52.2 Å². The Morgan fingerprint density at radius 1 is 1.30 bits per heavy atom. The summed E-state index contributed by atoms with van der Waals surface area (Å²) in [5.74, 6) is 0.270. The molecule has 3 rings (SSSR count). The molecule has 0 unspecified atom stereocenters.